The predicted molar refractivity (Wildman–Crippen MR) is 73.8 cm³/mol. The van der Waals surface area contributed by atoms with Gasteiger partial charge in [0, 0.05) is 18.8 Å². The van der Waals surface area contributed by atoms with Gasteiger partial charge in [-0.25, -0.2) is 0 Å². The third-order valence-electron chi connectivity index (χ3n) is 4.59. The molecule has 1 atom stereocenters. The van der Waals surface area contributed by atoms with Crippen LogP contribution in [0.2, 0.25) is 0 Å². The van der Waals surface area contributed by atoms with E-state index in [0.29, 0.717) is 5.92 Å². The Kier molecular flexibility index (Phi) is 3.40. The summed E-state index contributed by atoms with van der Waals surface area (Å²) in [5.41, 5.74) is 3.27. The van der Waals surface area contributed by atoms with E-state index in [1.165, 1.54) is 31.2 Å². The van der Waals surface area contributed by atoms with Crippen molar-refractivity contribution in [2.75, 3.05) is 19.8 Å². The smallest absolute Gasteiger partial charge is 0.0471 e. The predicted octanol–water partition coefficient (Wildman–Crippen LogP) is 3.18. The fourth-order valence-electron chi connectivity index (χ4n) is 3.49. The Hall–Kier alpha value is -0.860. The van der Waals surface area contributed by atoms with Gasteiger partial charge >= 0.3 is 0 Å². The van der Waals surface area contributed by atoms with E-state index in [4.69, 9.17) is 4.74 Å². The summed E-state index contributed by atoms with van der Waals surface area (Å²) in [5.74, 6) is 0.689. The minimum Gasteiger partial charge on any atom is -0.381 e. The molecule has 0 radical (unpaired) electrons. The minimum atomic E-state index is 0.189. The van der Waals surface area contributed by atoms with Crippen molar-refractivity contribution in [3.63, 3.8) is 0 Å². The molecule has 0 saturated carbocycles. The van der Waals surface area contributed by atoms with Crippen molar-refractivity contribution in [1.82, 2.24) is 5.32 Å². The second kappa shape index (κ2) is 5.02. The second-order valence-corrected chi connectivity index (χ2v) is 5.84. The highest BCUT2D eigenvalue weighted by Gasteiger charge is 2.33. The molecular weight excluding hydrogens is 222 g/mol. The van der Waals surface area contributed by atoms with Gasteiger partial charge in [0.05, 0.1) is 0 Å². The summed E-state index contributed by atoms with van der Waals surface area (Å²) in [5, 5.41) is 3.70. The maximum atomic E-state index is 5.50. The molecule has 2 saturated heterocycles. The fraction of sp³-hybridized carbons (Fsp3) is 0.625. The van der Waals surface area contributed by atoms with E-state index in [9.17, 15) is 0 Å². The number of hydrogen-bond donors (Lipinski definition) is 1. The van der Waals surface area contributed by atoms with Crippen LogP contribution in [-0.2, 0) is 10.3 Å². The van der Waals surface area contributed by atoms with Crippen molar-refractivity contribution in [2.24, 2.45) is 0 Å². The average Bonchev–Trinajstić information content (AvgIpc) is 2.88. The van der Waals surface area contributed by atoms with Crippen LogP contribution in [0.15, 0.2) is 24.3 Å². The SMILES string of the molecule is CC1(c2ccccc2C2CCOCC2)CCCN1. The molecule has 0 aromatic heterocycles. The molecule has 2 nitrogen and oxygen atoms in total. The van der Waals surface area contributed by atoms with Gasteiger partial charge in [0.2, 0.25) is 0 Å². The molecule has 0 amide bonds. The van der Waals surface area contributed by atoms with Crippen LogP contribution in [0, 0.1) is 0 Å². The van der Waals surface area contributed by atoms with Crippen LogP contribution in [-0.4, -0.2) is 19.8 Å². The summed E-state index contributed by atoms with van der Waals surface area (Å²) in [7, 11) is 0. The van der Waals surface area contributed by atoms with Crippen molar-refractivity contribution in [3.05, 3.63) is 35.4 Å². The zero-order valence-electron chi connectivity index (χ0n) is 11.2. The maximum Gasteiger partial charge on any atom is 0.0471 e. The Bertz CT molecular complexity index is 403. The highest BCUT2D eigenvalue weighted by molar-refractivity contribution is 5.37. The minimum absolute atomic E-state index is 0.189. The third-order valence-corrected chi connectivity index (χ3v) is 4.59. The molecule has 2 aliphatic rings. The van der Waals surface area contributed by atoms with E-state index >= 15 is 0 Å². The molecular formula is C16H23NO. The van der Waals surface area contributed by atoms with Crippen LogP contribution in [0.5, 0.6) is 0 Å². The van der Waals surface area contributed by atoms with E-state index in [2.05, 4.69) is 36.5 Å². The van der Waals surface area contributed by atoms with Crippen LogP contribution < -0.4 is 5.32 Å². The number of hydrogen-bond acceptors (Lipinski definition) is 2. The molecule has 2 fully saturated rings. The van der Waals surface area contributed by atoms with E-state index < -0.39 is 0 Å². The van der Waals surface area contributed by atoms with E-state index in [-0.39, 0.29) is 5.54 Å². The molecule has 3 rings (SSSR count). The van der Waals surface area contributed by atoms with Crippen molar-refractivity contribution < 1.29 is 4.74 Å². The first-order valence-electron chi connectivity index (χ1n) is 7.22. The Balaban J connectivity index is 1.93. The van der Waals surface area contributed by atoms with E-state index in [1.807, 2.05) is 0 Å². The second-order valence-electron chi connectivity index (χ2n) is 5.84. The van der Waals surface area contributed by atoms with E-state index in [1.54, 1.807) is 5.56 Å². The van der Waals surface area contributed by atoms with Gasteiger partial charge in [-0.3, -0.25) is 0 Å². The van der Waals surface area contributed by atoms with E-state index in [0.717, 1.165) is 19.8 Å². The molecule has 2 heteroatoms. The Labute approximate surface area is 110 Å². The van der Waals surface area contributed by atoms with Gasteiger partial charge in [0.15, 0.2) is 0 Å². The van der Waals surface area contributed by atoms with Crippen LogP contribution in [0.25, 0.3) is 0 Å². The zero-order valence-corrected chi connectivity index (χ0v) is 11.2. The van der Waals surface area contributed by atoms with Gasteiger partial charge in [0.25, 0.3) is 0 Å². The standard InChI is InChI=1S/C16H23NO/c1-16(9-4-10-17-16)15-6-3-2-5-14(15)13-7-11-18-12-8-13/h2-3,5-6,13,17H,4,7-12H2,1H3. The van der Waals surface area contributed by atoms with Crippen molar-refractivity contribution in [2.45, 2.75) is 44.1 Å². The maximum absolute atomic E-state index is 5.50. The summed E-state index contributed by atoms with van der Waals surface area (Å²) in [4.78, 5) is 0. The van der Waals surface area contributed by atoms with Crippen LogP contribution in [0.4, 0.5) is 0 Å². The fourth-order valence-corrected chi connectivity index (χ4v) is 3.49. The molecule has 0 aliphatic carbocycles. The van der Waals surface area contributed by atoms with Gasteiger partial charge in [-0.1, -0.05) is 24.3 Å². The highest BCUT2D eigenvalue weighted by atomic mass is 16.5. The van der Waals surface area contributed by atoms with Gasteiger partial charge in [-0.15, -0.1) is 0 Å². The molecule has 2 heterocycles. The first-order chi connectivity index (χ1) is 8.80. The zero-order chi connectivity index (χ0) is 12.4. The molecule has 0 spiro atoms. The Morgan fingerprint density at radius 2 is 2.00 bits per heavy atom. The van der Waals surface area contributed by atoms with Crippen molar-refractivity contribution in [3.8, 4) is 0 Å². The lowest BCUT2D eigenvalue weighted by Crippen LogP contribution is -2.35. The summed E-state index contributed by atoms with van der Waals surface area (Å²) in [6.07, 6.45) is 4.89. The first kappa shape index (κ1) is 12.2. The molecule has 0 bridgehead atoms. The lowest BCUT2D eigenvalue weighted by atomic mass is 9.80. The van der Waals surface area contributed by atoms with Gasteiger partial charge in [-0.05, 0) is 56.2 Å². The largest absolute Gasteiger partial charge is 0.381 e. The topological polar surface area (TPSA) is 21.3 Å². The Morgan fingerprint density at radius 1 is 1.22 bits per heavy atom. The van der Waals surface area contributed by atoms with Crippen LogP contribution >= 0.6 is 0 Å². The number of nitrogens with one attached hydrogen (secondary N) is 1. The first-order valence-corrected chi connectivity index (χ1v) is 7.22. The average molecular weight is 245 g/mol. The Morgan fingerprint density at radius 3 is 2.72 bits per heavy atom. The number of rotatable bonds is 2. The summed E-state index contributed by atoms with van der Waals surface area (Å²) in [6.45, 7) is 5.35. The summed E-state index contributed by atoms with van der Waals surface area (Å²) in [6, 6.07) is 9.02. The molecule has 1 unspecified atom stereocenters. The van der Waals surface area contributed by atoms with Crippen LogP contribution in [0.1, 0.15) is 49.7 Å². The van der Waals surface area contributed by atoms with Crippen molar-refractivity contribution >= 4 is 0 Å². The number of ether oxygens (including phenoxy) is 1. The monoisotopic (exact) mass is 245 g/mol. The molecule has 2 aliphatic heterocycles. The number of benzene rings is 1. The van der Waals surface area contributed by atoms with Gasteiger partial charge < -0.3 is 10.1 Å². The molecule has 1 aromatic carbocycles. The molecule has 1 aromatic rings. The molecule has 18 heavy (non-hydrogen) atoms. The molecule has 98 valence electrons. The normalized spacial score (nSPS) is 29.6. The quantitative estimate of drug-likeness (QED) is 0.864. The van der Waals surface area contributed by atoms with Gasteiger partial charge in [-0.2, -0.15) is 0 Å². The highest BCUT2D eigenvalue weighted by Crippen LogP contribution is 2.38. The van der Waals surface area contributed by atoms with Crippen molar-refractivity contribution in [1.29, 1.82) is 0 Å². The molecule has 1 N–H and O–H groups in total. The van der Waals surface area contributed by atoms with Crippen LogP contribution in [0.3, 0.4) is 0 Å². The van der Waals surface area contributed by atoms with Gasteiger partial charge in [0.1, 0.15) is 0 Å². The lowest BCUT2D eigenvalue weighted by Gasteiger charge is -2.32. The summed E-state index contributed by atoms with van der Waals surface area (Å²) < 4.78 is 5.50. The lowest BCUT2D eigenvalue weighted by molar-refractivity contribution is 0.0849. The summed E-state index contributed by atoms with van der Waals surface area (Å²) >= 11 is 0. The third kappa shape index (κ3) is 2.19.